The molecule has 0 fully saturated rings. The standard InChI is InChI=1S/C23H21ClN2O6S/c1-32-20-13-16(23(28)29)7-8-17(20)14-26(21(22(25)27)15-5-3-2-4-6-15)33(30,31)19-11-9-18(24)10-12-19/h2-13,21H,14H2,1H3,(H2,25,27)(H,28,29). The third kappa shape index (κ3) is 5.33. The molecule has 1 atom stereocenters. The van der Waals surface area contributed by atoms with Gasteiger partial charge < -0.3 is 15.6 Å². The highest BCUT2D eigenvalue weighted by atomic mass is 35.5. The Morgan fingerprint density at radius 2 is 1.70 bits per heavy atom. The smallest absolute Gasteiger partial charge is 0.335 e. The van der Waals surface area contributed by atoms with Crippen molar-refractivity contribution in [2.75, 3.05) is 7.11 Å². The summed E-state index contributed by atoms with van der Waals surface area (Å²) in [6.45, 7) is -0.309. The molecule has 0 aliphatic rings. The fraction of sp³-hybridized carbons (Fsp3) is 0.130. The molecule has 8 nitrogen and oxygen atoms in total. The van der Waals surface area contributed by atoms with Crippen molar-refractivity contribution in [2.24, 2.45) is 5.73 Å². The molecule has 0 aliphatic carbocycles. The quantitative estimate of drug-likeness (QED) is 0.474. The number of nitrogens with zero attached hydrogens (tertiary/aromatic N) is 1. The zero-order chi connectivity index (χ0) is 24.2. The van der Waals surface area contributed by atoms with Crippen LogP contribution in [-0.2, 0) is 21.4 Å². The van der Waals surface area contributed by atoms with Gasteiger partial charge in [0.2, 0.25) is 15.9 Å². The van der Waals surface area contributed by atoms with Crippen molar-refractivity contribution in [3.05, 3.63) is 94.5 Å². The number of primary amides is 1. The van der Waals surface area contributed by atoms with E-state index in [4.69, 9.17) is 22.1 Å². The molecule has 33 heavy (non-hydrogen) atoms. The maximum Gasteiger partial charge on any atom is 0.335 e. The molecule has 10 heteroatoms. The highest BCUT2D eigenvalue weighted by Gasteiger charge is 2.36. The van der Waals surface area contributed by atoms with E-state index in [1.165, 1.54) is 49.6 Å². The molecule has 0 aliphatic heterocycles. The molecule has 3 aromatic carbocycles. The molecule has 1 amide bonds. The largest absolute Gasteiger partial charge is 0.496 e. The Kier molecular flexibility index (Phi) is 7.37. The van der Waals surface area contributed by atoms with Gasteiger partial charge in [-0.25, -0.2) is 13.2 Å². The highest BCUT2D eigenvalue weighted by molar-refractivity contribution is 7.89. The monoisotopic (exact) mass is 488 g/mol. The topological polar surface area (TPSA) is 127 Å². The molecule has 0 heterocycles. The number of halogens is 1. The Morgan fingerprint density at radius 1 is 1.06 bits per heavy atom. The number of carbonyl (C=O) groups excluding carboxylic acids is 1. The van der Waals surface area contributed by atoms with Crippen LogP contribution in [0.3, 0.4) is 0 Å². The molecule has 3 aromatic rings. The van der Waals surface area contributed by atoms with Crippen LogP contribution in [0.2, 0.25) is 5.02 Å². The van der Waals surface area contributed by atoms with Gasteiger partial charge in [0.15, 0.2) is 0 Å². The average molecular weight is 489 g/mol. The van der Waals surface area contributed by atoms with Gasteiger partial charge in [-0.2, -0.15) is 4.31 Å². The molecule has 0 radical (unpaired) electrons. The molecule has 0 saturated carbocycles. The third-order valence-electron chi connectivity index (χ3n) is 4.95. The predicted molar refractivity (Wildman–Crippen MR) is 123 cm³/mol. The van der Waals surface area contributed by atoms with Crippen LogP contribution in [0.1, 0.15) is 27.5 Å². The molecule has 0 aromatic heterocycles. The van der Waals surface area contributed by atoms with Crippen LogP contribution >= 0.6 is 11.6 Å². The summed E-state index contributed by atoms with van der Waals surface area (Å²) in [6, 6.07) is 16.5. The lowest BCUT2D eigenvalue weighted by atomic mass is 10.1. The zero-order valence-corrected chi connectivity index (χ0v) is 19.1. The number of carboxylic acids is 1. The number of benzene rings is 3. The van der Waals surface area contributed by atoms with Gasteiger partial charge >= 0.3 is 5.97 Å². The minimum Gasteiger partial charge on any atom is -0.496 e. The van der Waals surface area contributed by atoms with Gasteiger partial charge in [-0.05, 0) is 42.0 Å². The lowest BCUT2D eigenvalue weighted by Crippen LogP contribution is -2.41. The zero-order valence-electron chi connectivity index (χ0n) is 17.5. The van der Waals surface area contributed by atoms with Gasteiger partial charge in [0.05, 0.1) is 17.6 Å². The lowest BCUT2D eigenvalue weighted by Gasteiger charge is -2.30. The predicted octanol–water partition coefficient (Wildman–Crippen LogP) is 3.46. The molecule has 0 saturated heterocycles. The number of rotatable bonds is 9. The van der Waals surface area contributed by atoms with Gasteiger partial charge in [-0.3, -0.25) is 4.79 Å². The van der Waals surface area contributed by atoms with Crippen LogP contribution in [0.4, 0.5) is 0 Å². The fourth-order valence-electron chi connectivity index (χ4n) is 3.34. The number of carboxylic acid groups (broad SMARTS) is 1. The average Bonchev–Trinajstić information content (AvgIpc) is 2.79. The van der Waals surface area contributed by atoms with Crippen molar-refractivity contribution in [2.45, 2.75) is 17.5 Å². The highest BCUT2D eigenvalue weighted by Crippen LogP contribution is 2.32. The molecule has 0 bridgehead atoms. The van der Waals surface area contributed by atoms with Gasteiger partial charge in [-0.1, -0.05) is 48.0 Å². The normalized spacial score (nSPS) is 12.3. The third-order valence-corrected chi connectivity index (χ3v) is 7.03. The van der Waals surface area contributed by atoms with Gasteiger partial charge in [0.25, 0.3) is 0 Å². The summed E-state index contributed by atoms with van der Waals surface area (Å²) >= 11 is 5.91. The number of sulfonamides is 1. The number of aromatic carboxylic acids is 1. The Bertz CT molecular complexity index is 1260. The number of hydrogen-bond donors (Lipinski definition) is 2. The SMILES string of the molecule is COc1cc(C(=O)O)ccc1CN(C(C(N)=O)c1ccccc1)S(=O)(=O)c1ccc(Cl)cc1. The summed E-state index contributed by atoms with van der Waals surface area (Å²) < 4.78 is 33.6. The molecule has 0 spiro atoms. The van der Waals surface area contributed by atoms with Crippen LogP contribution in [0.15, 0.2) is 77.7 Å². The van der Waals surface area contributed by atoms with Crippen molar-refractivity contribution >= 4 is 33.5 Å². The summed E-state index contributed by atoms with van der Waals surface area (Å²) in [5.74, 6) is -1.88. The van der Waals surface area contributed by atoms with Crippen molar-refractivity contribution in [1.82, 2.24) is 4.31 Å². The second-order valence-corrected chi connectivity index (χ2v) is 9.38. The van der Waals surface area contributed by atoms with E-state index in [9.17, 15) is 23.1 Å². The Balaban J connectivity index is 2.18. The first kappa shape index (κ1) is 24.2. The summed E-state index contributed by atoms with van der Waals surface area (Å²) in [5.41, 5.74) is 6.38. The van der Waals surface area contributed by atoms with E-state index in [1.54, 1.807) is 30.3 Å². The maximum absolute atomic E-state index is 13.7. The summed E-state index contributed by atoms with van der Waals surface area (Å²) in [5, 5.41) is 9.60. The van der Waals surface area contributed by atoms with Crippen LogP contribution in [0.25, 0.3) is 0 Å². The van der Waals surface area contributed by atoms with Gasteiger partial charge in [-0.15, -0.1) is 0 Å². The van der Waals surface area contributed by atoms with Gasteiger partial charge in [0.1, 0.15) is 11.8 Å². The second-order valence-electron chi connectivity index (χ2n) is 7.05. The van der Waals surface area contributed by atoms with Crippen LogP contribution in [0, 0.1) is 0 Å². The Hall–Kier alpha value is -3.40. The lowest BCUT2D eigenvalue weighted by molar-refractivity contribution is -0.122. The Morgan fingerprint density at radius 3 is 2.24 bits per heavy atom. The molecule has 3 rings (SSSR count). The molecular formula is C23H21ClN2O6S. The maximum atomic E-state index is 13.7. The van der Waals surface area contributed by atoms with Crippen LogP contribution in [0.5, 0.6) is 5.75 Å². The van der Waals surface area contributed by atoms with E-state index < -0.39 is 27.9 Å². The second kappa shape index (κ2) is 10.0. The number of carbonyl (C=O) groups is 2. The van der Waals surface area contributed by atoms with E-state index in [0.717, 1.165) is 4.31 Å². The molecular weight excluding hydrogens is 468 g/mol. The van der Waals surface area contributed by atoms with Crippen molar-refractivity contribution < 1.29 is 27.9 Å². The van der Waals surface area contributed by atoms with Crippen LogP contribution in [-0.4, -0.2) is 36.8 Å². The number of ether oxygens (including phenoxy) is 1. The Labute approximate surface area is 196 Å². The minimum atomic E-state index is -4.26. The first-order valence-corrected chi connectivity index (χ1v) is 11.5. The van der Waals surface area contributed by atoms with E-state index in [1.807, 2.05) is 0 Å². The minimum absolute atomic E-state index is 0.0304. The first-order valence-electron chi connectivity index (χ1n) is 9.67. The molecule has 1 unspecified atom stereocenters. The van der Waals surface area contributed by atoms with Crippen molar-refractivity contribution in [3.63, 3.8) is 0 Å². The number of methoxy groups -OCH3 is 1. The summed E-state index contributed by atoms with van der Waals surface area (Å²) in [6.07, 6.45) is 0. The number of nitrogens with two attached hydrogens (primary N) is 1. The number of amides is 1. The summed E-state index contributed by atoms with van der Waals surface area (Å²) in [7, 11) is -2.92. The van der Waals surface area contributed by atoms with Gasteiger partial charge in [0, 0.05) is 17.1 Å². The van der Waals surface area contributed by atoms with Crippen LogP contribution < -0.4 is 10.5 Å². The first-order chi connectivity index (χ1) is 15.6. The fourth-order valence-corrected chi connectivity index (χ4v) is 5.03. The van der Waals surface area contributed by atoms with E-state index in [2.05, 4.69) is 0 Å². The summed E-state index contributed by atoms with van der Waals surface area (Å²) in [4.78, 5) is 23.8. The molecule has 172 valence electrons. The molecule has 3 N–H and O–H groups in total. The van der Waals surface area contributed by atoms with E-state index in [-0.39, 0.29) is 22.8 Å². The number of hydrogen-bond acceptors (Lipinski definition) is 5. The van der Waals surface area contributed by atoms with Crippen molar-refractivity contribution in [1.29, 1.82) is 0 Å². The van der Waals surface area contributed by atoms with Crippen molar-refractivity contribution in [3.8, 4) is 5.75 Å². The van der Waals surface area contributed by atoms with E-state index >= 15 is 0 Å². The van der Waals surface area contributed by atoms with E-state index in [0.29, 0.717) is 16.1 Å².